The molecule has 4 nitrogen and oxygen atoms in total. The summed E-state index contributed by atoms with van der Waals surface area (Å²) in [5.41, 5.74) is 1.09. The average molecular weight is 211 g/mol. The van der Waals surface area contributed by atoms with Crippen molar-refractivity contribution in [2.24, 2.45) is 0 Å². The minimum atomic E-state index is 0.301. The Hall–Kier alpha value is -0.870. The first-order valence-electron chi connectivity index (χ1n) is 5.51. The molecule has 1 aromatic rings. The highest BCUT2D eigenvalue weighted by atomic mass is 16.5. The van der Waals surface area contributed by atoms with Gasteiger partial charge < -0.3 is 10.1 Å². The van der Waals surface area contributed by atoms with E-state index in [0.717, 1.165) is 25.2 Å². The quantitative estimate of drug-likeness (QED) is 0.696. The van der Waals surface area contributed by atoms with Crippen molar-refractivity contribution >= 4 is 0 Å². The van der Waals surface area contributed by atoms with Crippen molar-refractivity contribution in [2.45, 2.75) is 32.9 Å². The smallest absolute Gasteiger partial charge is 0.0762 e. The molecule has 0 spiro atoms. The lowest BCUT2D eigenvalue weighted by atomic mass is 10.4. The molecule has 0 amide bonds. The van der Waals surface area contributed by atoms with Crippen LogP contribution in [0, 0.1) is 0 Å². The van der Waals surface area contributed by atoms with Crippen LogP contribution in [0.2, 0.25) is 0 Å². The van der Waals surface area contributed by atoms with Crippen LogP contribution < -0.4 is 5.32 Å². The zero-order chi connectivity index (χ0) is 11.1. The molecule has 86 valence electrons. The van der Waals surface area contributed by atoms with E-state index < -0.39 is 0 Å². The summed E-state index contributed by atoms with van der Waals surface area (Å²) in [6.45, 7) is 6.84. The molecule has 0 bridgehead atoms. The maximum Gasteiger partial charge on any atom is 0.0762 e. The van der Waals surface area contributed by atoms with Gasteiger partial charge in [0.05, 0.1) is 18.3 Å². The number of aromatic nitrogens is 2. The molecule has 0 radical (unpaired) electrons. The van der Waals surface area contributed by atoms with Crippen LogP contribution in [0.1, 0.15) is 32.0 Å². The van der Waals surface area contributed by atoms with Crippen molar-refractivity contribution in [1.82, 2.24) is 15.1 Å². The van der Waals surface area contributed by atoms with Gasteiger partial charge in [0.2, 0.25) is 0 Å². The second-order valence-corrected chi connectivity index (χ2v) is 3.77. The summed E-state index contributed by atoms with van der Waals surface area (Å²) in [7, 11) is 1.71. The molecule has 0 saturated carbocycles. The molecule has 0 aliphatic carbocycles. The normalized spacial score (nSPS) is 13.0. The maximum absolute atomic E-state index is 5.09. The van der Waals surface area contributed by atoms with Gasteiger partial charge in [-0.3, -0.25) is 4.68 Å². The predicted octanol–water partition coefficient (Wildman–Crippen LogP) is 1.59. The molecule has 0 aliphatic rings. The summed E-state index contributed by atoms with van der Waals surface area (Å²) in [4.78, 5) is 0. The first-order valence-corrected chi connectivity index (χ1v) is 5.51. The van der Waals surface area contributed by atoms with E-state index in [0.29, 0.717) is 12.6 Å². The Labute approximate surface area is 91.6 Å². The number of rotatable bonds is 7. The molecule has 1 atom stereocenters. The van der Waals surface area contributed by atoms with E-state index in [9.17, 15) is 0 Å². The van der Waals surface area contributed by atoms with Crippen molar-refractivity contribution in [2.75, 3.05) is 20.3 Å². The molecule has 0 fully saturated rings. The minimum Gasteiger partial charge on any atom is -0.382 e. The van der Waals surface area contributed by atoms with Crippen LogP contribution in [0.25, 0.3) is 0 Å². The molecule has 0 aliphatic heterocycles. The fraction of sp³-hybridized carbons (Fsp3) is 0.727. The largest absolute Gasteiger partial charge is 0.382 e. The number of hydrogen-bond donors (Lipinski definition) is 1. The van der Waals surface area contributed by atoms with E-state index in [1.165, 1.54) is 0 Å². The number of methoxy groups -OCH3 is 1. The third-order valence-electron chi connectivity index (χ3n) is 2.26. The van der Waals surface area contributed by atoms with Gasteiger partial charge in [-0.05, 0) is 26.0 Å². The van der Waals surface area contributed by atoms with Crippen LogP contribution in [-0.4, -0.2) is 30.0 Å². The SMILES string of the molecule is CCCNCc1ccn(C(C)COC)n1. The van der Waals surface area contributed by atoms with E-state index in [-0.39, 0.29) is 0 Å². The second-order valence-electron chi connectivity index (χ2n) is 3.77. The highest BCUT2D eigenvalue weighted by molar-refractivity contribution is 4.99. The molecular weight excluding hydrogens is 190 g/mol. The van der Waals surface area contributed by atoms with Gasteiger partial charge in [0.25, 0.3) is 0 Å². The molecule has 4 heteroatoms. The Morgan fingerprint density at radius 1 is 1.60 bits per heavy atom. The first-order chi connectivity index (χ1) is 7.27. The summed E-state index contributed by atoms with van der Waals surface area (Å²) in [5.74, 6) is 0. The van der Waals surface area contributed by atoms with Gasteiger partial charge in [0.1, 0.15) is 0 Å². The molecule has 1 rings (SSSR count). The Balaban J connectivity index is 2.41. The Bertz CT molecular complexity index is 273. The highest BCUT2D eigenvalue weighted by Crippen LogP contribution is 2.05. The number of ether oxygens (including phenoxy) is 1. The van der Waals surface area contributed by atoms with Crippen LogP contribution in [0.15, 0.2) is 12.3 Å². The lowest BCUT2D eigenvalue weighted by Crippen LogP contribution is -2.16. The summed E-state index contributed by atoms with van der Waals surface area (Å²) < 4.78 is 7.04. The molecule has 1 aromatic heterocycles. The zero-order valence-corrected chi connectivity index (χ0v) is 9.86. The van der Waals surface area contributed by atoms with Gasteiger partial charge in [-0.2, -0.15) is 5.10 Å². The fourth-order valence-corrected chi connectivity index (χ4v) is 1.43. The van der Waals surface area contributed by atoms with Gasteiger partial charge in [0, 0.05) is 19.9 Å². The standard InChI is InChI=1S/C11H21N3O/c1-4-6-12-8-11-5-7-14(13-11)10(2)9-15-3/h5,7,10,12H,4,6,8-9H2,1-3H3. The maximum atomic E-state index is 5.09. The molecular formula is C11H21N3O. The monoisotopic (exact) mass is 211 g/mol. The predicted molar refractivity (Wildman–Crippen MR) is 60.8 cm³/mol. The van der Waals surface area contributed by atoms with E-state index in [1.54, 1.807) is 7.11 Å². The van der Waals surface area contributed by atoms with E-state index in [2.05, 4.69) is 30.3 Å². The van der Waals surface area contributed by atoms with Crippen LogP contribution >= 0.6 is 0 Å². The van der Waals surface area contributed by atoms with E-state index in [4.69, 9.17) is 4.74 Å². The topological polar surface area (TPSA) is 39.1 Å². The number of nitrogens with zero attached hydrogens (tertiary/aromatic N) is 2. The van der Waals surface area contributed by atoms with E-state index >= 15 is 0 Å². The summed E-state index contributed by atoms with van der Waals surface area (Å²) in [6.07, 6.45) is 3.16. The van der Waals surface area contributed by atoms with Gasteiger partial charge in [-0.15, -0.1) is 0 Å². The van der Waals surface area contributed by atoms with Gasteiger partial charge in [0.15, 0.2) is 0 Å². The Morgan fingerprint density at radius 3 is 3.07 bits per heavy atom. The molecule has 1 N–H and O–H groups in total. The third-order valence-corrected chi connectivity index (χ3v) is 2.26. The van der Waals surface area contributed by atoms with Crippen LogP contribution in [0.4, 0.5) is 0 Å². The van der Waals surface area contributed by atoms with Crippen LogP contribution in [-0.2, 0) is 11.3 Å². The summed E-state index contributed by atoms with van der Waals surface area (Å²) >= 11 is 0. The average Bonchev–Trinajstić information content (AvgIpc) is 2.67. The van der Waals surface area contributed by atoms with Gasteiger partial charge in [-0.1, -0.05) is 6.92 Å². The van der Waals surface area contributed by atoms with Crippen LogP contribution in [0.5, 0.6) is 0 Å². The lowest BCUT2D eigenvalue weighted by Gasteiger charge is -2.10. The van der Waals surface area contributed by atoms with E-state index in [1.807, 2.05) is 10.9 Å². The molecule has 15 heavy (non-hydrogen) atoms. The third kappa shape index (κ3) is 4.01. The van der Waals surface area contributed by atoms with Crippen molar-refractivity contribution in [3.63, 3.8) is 0 Å². The molecule has 1 unspecified atom stereocenters. The van der Waals surface area contributed by atoms with Crippen molar-refractivity contribution < 1.29 is 4.74 Å². The zero-order valence-electron chi connectivity index (χ0n) is 9.86. The fourth-order valence-electron chi connectivity index (χ4n) is 1.43. The van der Waals surface area contributed by atoms with Crippen molar-refractivity contribution in [3.8, 4) is 0 Å². The van der Waals surface area contributed by atoms with Gasteiger partial charge in [-0.25, -0.2) is 0 Å². The molecule has 0 saturated heterocycles. The van der Waals surface area contributed by atoms with Crippen LogP contribution in [0.3, 0.4) is 0 Å². The molecule has 0 aromatic carbocycles. The second kappa shape index (κ2) is 6.58. The minimum absolute atomic E-state index is 0.301. The number of hydrogen-bond acceptors (Lipinski definition) is 3. The Morgan fingerprint density at radius 2 is 2.40 bits per heavy atom. The number of nitrogens with one attached hydrogen (secondary N) is 1. The van der Waals surface area contributed by atoms with Crippen molar-refractivity contribution in [3.05, 3.63) is 18.0 Å². The molecule has 1 heterocycles. The van der Waals surface area contributed by atoms with Gasteiger partial charge >= 0.3 is 0 Å². The first kappa shape index (κ1) is 12.2. The summed E-state index contributed by atoms with van der Waals surface area (Å²) in [5, 5.41) is 7.80. The summed E-state index contributed by atoms with van der Waals surface area (Å²) in [6, 6.07) is 2.35. The lowest BCUT2D eigenvalue weighted by molar-refractivity contribution is 0.156. The van der Waals surface area contributed by atoms with Crippen molar-refractivity contribution in [1.29, 1.82) is 0 Å². The highest BCUT2D eigenvalue weighted by Gasteiger charge is 2.05. The Kier molecular flexibility index (Phi) is 5.36.